The summed E-state index contributed by atoms with van der Waals surface area (Å²) < 4.78 is 40.8. The van der Waals surface area contributed by atoms with Crippen LogP contribution in [0, 0.1) is 17.1 Å². The van der Waals surface area contributed by atoms with E-state index in [0.717, 1.165) is 0 Å². The van der Waals surface area contributed by atoms with E-state index in [4.69, 9.17) is 10.1 Å². The minimum absolute atomic E-state index is 0.110. The van der Waals surface area contributed by atoms with Crippen molar-refractivity contribution in [1.82, 2.24) is 4.72 Å². The molecule has 1 unspecified atom stereocenters. The number of oxime groups is 1. The molecule has 28 heavy (non-hydrogen) atoms. The summed E-state index contributed by atoms with van der Waals surface area (Å²) in [7, 11) is -3.38. The van der Waals surface area contributed by atoms with Gasteiger partial charge < -0.3 is 4.84 Å². The second-order valence-electron chi connectivity index (χ2n) is 6.80. The van der Waals surface area contributed by atoms with Crippen LogP contribution < -0.4 is 4.72 Å². The number of nitrogens with one attached hydrogen (secondary N) is 1. The first-order valence-electron chi connectivity index (χ1n) is 8.82. The van der Waals surface area contributed by atoms with Crippen molar-refractivity contribution in [3.8, 4) is 17.2 Å². The van der Waals surface area contributed by atoms with Crippen LogP contribution in [0.1, 0.15) is 31.4 Å². The van der Waals surface area contributed by atoms with E-state index < -0.39 is 27.2 Å². The number of nitriles is 1. The average molecular weight is 401 g/mol. The molecule has 2 aromatic carbocycles. The minimum Gasteiger partial charge on any atom is -0.390 e. The third-order valence-corrected chi connectivity index (χ3v) is 6.30. The summed E-state index contributed by atoms with van der Waals surface area (Å²) in [6.07, 6.45) is -0.0409. The lowest BCUT2D eigenvalue weighted by molar-refractivity contribution is 0.0891. The number of hydrogen-bond acceptors (Lipinski definition) is 5. The first-order valence-corrected chi connectivity index (χ1v) is 10.4. The van der Waals surface area contributed by atoms with Gasteiger partial charge in [0.1, 0.15) is 11.9 Å². The third-order valence-electron chi connectivity index (χ3n) is 4.49. The molecule has 2 aromatic rings. The Hall–Kier alpha value is -2.76. The maximum atomic E-state index is 14.6. The molecule has 6 nitrogen and oxygen atoms in total. The lowest BCUT2D eigenvalue weighted by Gasteiger charge is -2.12. The van der Waals surface area contributed by atoms with Crippen LogP contribution in [0.25, 0.3) is 11.1 Å². The van der Waals surface area contributed by atoms with Crippen LogP contribution in [0.3, 0.4) is 0 Å². The largest absolute Gasteiger partial charge is 0.390 e. The van der Waals surface area contributed by atoms with E-state index in [2.05, 4.69) is 9.88 Å². The standard InChI is InChI=1S/C20H20FN3O3S/c1-13(2)28(25,26)23-12-17-10-20(24-27-17)16-7-8-18(19(21)9-16)15-5-3-14(11-22)4-6-15/h3-9,13,17,23H,10,12H2,1-2H3. The monoisotopic (exact) mass is 401 g/mol. The van der Waals surface area contributed by atoms with Crippen molar-refractivity contribution in [2.75, 3.05) is 6.54 Å². The fourth-order valence-electron chi connectivity index (χ4n) is 2.74. The van der Waals surface area contributed by atoms with E-state index in [1.54, 1.807) is 50.2 Å². The van der Waals surface area contributed by atoms with Crippen LogP contribution in [0.4, 0.5) is 4.39 Å². The third kappa shape index (κ3) is 4.38. The van der Waals surface area contributed by atoms with Gasteiger partial charge in [-0.2, -0.15) is 5.26 Å². The van der Waals surface area contributed by atoms with Crippen LogP contribution in [0.15, 0.2) is 47.6 Å². The fraction of sp³-hybridized carbons (Fsp3) is 0.300. The Balaban J connectivity index is 1.68. The molecule has 1 aliphatic heterocycles. The highest BCUT2D eigenvalue weighted by molar-refractivity contribution is 7.90. The number of sulfonamides is 1. The van der Waals surface area contributed by atoms with E-state index >= 15 is 0 Å². The summed E-state index contributed by atoms with van der Waals surface area (Å²) >= 11 is 0. The number of halogens is 1. The maximum Gasteiger partial charge on any atom is 0.214 e. The van der Waals surface area contributed by atoms with Crippen molar-refractivity contribution in [3.63, 3.8) is 0 Å². The second kappa shape index (κ2) is 8.09. The van der Waals surface area contributed by atoms with Gasteiger partial charge in [-0.15, -0.1) is 0 Å². The van der Waals surface area contributed by atoms with Gasteiger partial charge in [-0.3, -0.25) is 0 Å². The van der Waals surface area contributed by atoms with E-state index in [9.17, 15) is 12.8 Å². The van der Waals surface area contributed by atoms with Crippen LogP contribution >= 0.6 is 0 Å². The predicted octanol–water partition coefficient (Wildman–Crippen LogP) is 3.19. The molecule has 1 aliphatic rings. The molecule has 0 aromatic heterocycles. The van der Waals surface area contributed by atoms with Crippen LogP contribution in [0.5, 0.6) is 0 Å². The first kappa shape index (κ1) is 20.0. The van der Waals surface area contributed by atoms with Crippen LogP contribution in [0.2, 0.25) is 0 Å². The van der Waals surface area contributed by atoms with E-state index in [1.165, 1.54) is 6.07 Å². The van der Waals surface area contributed by atoms with Crippen LogP contribution in [-0.2, 0) is 14.9 Å². The van der Waals surface area contributed by atoms with Gasteiger partial charge in [-0.05, 0) is 37.6 Å². The molecule has 146 valence electrons. The van der Waals surface area contributed by atoms with Gasteiger partial charge in [0.25, 0.3) is 0 Å². The highest BCUT2D eigenvalue weighted by atomic mass is 32.2. The first-order chi connectivity index (χ1) is 13.3. The van der Waals surface area contributed by atoms with Crippen LogP contribution in [-0.4, -0.2) is 32.0 Å². The Bertz CT molecular complexity index is 1040. The summed E-state index contributed by atoms with van der Waals surface area (Å²) in [5.74, 6) is -0.408. The second-order valence-corrected chi connectivity index (χ2v) is 9.12. The van der Waals surface area contributed by atoms with Crippen molar-refractivity contribution >= 4 is 15.7 Å². The summed E-state index contributed by atoms with van der Waals surface area (Å²) in [6.45, 7) is 3.30. The lowest BCUT2D eigenvalue weighted by Crippen LogP contribution is -2.36. The quantitative estimate of drug-likeness (QED) is 0.805. The van der Waals surface area contributed by atoms with Gasteiger partial charge in [0.2, 0.25) is 10.0 Å². The van der Waals surface area contributed by atoms with Gasteiger partial charge in [0.05, 0.1) is 29.1 Å². The Kier molecular flexibility index (Phi) is 5.77. The van der Waals surface area contributed by atoms with Gasteiger partial charge in [-0.25, -0.2) is 17.5 Å². The molecule has 0 bridgehead atoms. The van der Waals surface area contributed by atoms with Crippen molar-refractivity contribution in [3.05, 3.63) is 59.4 Å². The smallest absolute Gasteiger partial charge is 0.214 e. The van der Waals surface area contributed by atoms with E-state index in [-0.39, 0.29) is 6.54 Å². The van der Waals surface area contributed by atoms with Gasteiger partial charge >= 0.3 is 0 Å². The summed E-state index contributed by atoms with van der Waals surface area (Å²) in [4.78, 5) is 5.28. The minimum atomic E-state index is -3.38. The molecule has 1 atom stereocenters. The topological polar surface area (TPSA) is 91.6 Å². The normalized spacial score (nSPS) is 16.5. The van der Waals surface area contributed by atoms with E-state index in [0.29, 0.717) is 34.4 Å². The van der Waals surface area contributed by atoms with Crippen molar-refractivity contribution in [2.24, 2.45) is 5.16 Å². The van der Waals surface area contributed by atoms with Gasteiger partial charge in [0.15, 0.2) is 0 Å². The van der Waals surface area contributed by atoms with Gasteiger partial charge in [-0.1, -0.05) is 29.4 Å². The summed E-state index contributed by atoms with van der Waals surface area (Å²) in [5.41, 5.74) is 2.77. The molecule has 8 heteroatoms. The highest BCUT2D eigenvalue weighted by Gasteiger charge is 2.25. The fourth-order valence-corrected chi connectivity index (χ4v) is 3.49. The Labute approximate surface area is 163 Å². The zero-order valence-corrected chi connectivity index (χ0v) is 16.3. The van der Waals surface area contributed by atoms with E-state index in [1.807, 2.05) is 6.07 Å². The zero-order valence-electron chi connectivity index (χ0n) is 15.5. The average Bonchev–Trinajstić information content (AvgIpc) is 3.15. The predicted molar refractivity (Wildman–Crippen MR) is 105 cm³/mol. The Morgan fingerprint density at radius 1 is 1.25 bits per heavy atom. The molecule has 0 radical (unpaired) electrons. The molecule has 0 amide bonds. The number of hydrogen-bond donors (Lipinski definition) is 1. The molecule has 0 saturated carbocycles. The SMILES string of the molecule is CC(C)S(=O)(=O)NCC1CC(c2ccc(-c3ccc(C#N)cc3)c(F)c2)=NO1. The zero-order chi connectivity index (χ0) is 20.3. The molecular weight excluding hydrogens is 381 g/mol. The van der Waals surface area contributed by atoms with Crippen molar-refractivity contribution < 1.29 is 17.6 Å². The molecule has 0 saturated heterocycles. The summed E-state index contributed by atoms with van der Waals surface area (Å²) in [5, 5.41) is 12.3. The van der Waals surface area contributed by atoms with Crippen molar-refractivity contribution in [1.29, 1.82) is 5.26 Å². The molecule has 3 rings (SSSR count). The van der Waals surface area contributed by atoms with Gasteiger partial charge in [0, 0.05) is 17.5 Å². The molecule has 0 fully saturated rings. The molecule has 0 spiro atoms. The molecule has 1 heterocycles. The molecule has 1 N–H and O–H groups in total. The highest BCUT2D eigenvalue weighted by Crippen LogP contribution is 2.26. The number of rotatable bonds is 6. The molecule has 0 aliphatic carbocycles. The number of nitrogens with zero attached hydrogens (tertiary/aromatic N) is 2. The Morgan fingerprint density at radius 2 is 1.93 bits per heavy atom. The van der Waals surface area contributed by atoms with Crippen molar-refractivity contribution in [2.45, 2.75) is 31.6 Å². The maximum absolute atomic E-state index is 14.6. The lowest BCUT2D eigenvalue weighted by atomic mass is 9.99. The number of benzene rings is 2. The summed E-state index contributed by atoms with van der Waals surface area (Å²) in [6, 6.07) is 13.5. The Morgan fingerprint density at radius 3 is 2.54 bits per heavy atom. The molecular formula is C20H20FN3O3S.